The molecule has 0 bridgehead atoms. The van der Waals surface area contributed by atoms with Crippen molar-refractivity contribution in [3.63, 3.8) is 0 Å². The van der Waals surface area contributed by atoms with Crippen LogP contribution in [0.1, 0.15) is 11.5 Å². The SMILES string of the molecule is Cc1[nH]c(CN)nc1-c1ccc(F)c(F)c1. The highest BCUT2D eigenvalue weighted by Crippen LogP contribution is 2.22. The Kier molecular flexibility index (Phi) is 2.70. The molecule has 0 atom stereocenters. The maximum atomic E-state index is 13.0. The second-order valence-corrected chi connectivity index (χ2v) is 3.49. The zero-order valence-corrected chi connectivity index (χ0v) is 8.72. The van der Waals surface area contributed by atoms with E-state index in [1.807, 2.05) is 6.92 Å². The molecule has 2 aromatic rings. The van der Waals surface area contributed by atoms with Crippen LogP contribution < -0.4 is 5.73 Å². The van der Waals surface area contributed by atoms with Crippen LogP contribution in [0, 0.1) is 18.6 Å². The Morgan fingerprint density at radius 3 is 2.62 bits per heavy atom. The van der Waals surface area contributed by atoms with E-state index in [1.54, 1.807) is 0 Å². The van der Waals surface area contributed by atoms with Gasteiger partial charge in [-0.25, -0.2) is 13.8 Å². The molecule has 0 aliphatic rings. The number of rotatable bonds is 2. The van der Waals surface area contributed by atoms with E-state index in [1.165, 1.54) is 6.07 Å². The highest BCUT2D eigenvalue weighted by atomic mass is 19.2. The first-order valence-corrected chi connectivity index (χ1v) is 4.83. The van der Waals surface area contributed by atoms with Crippen molar-refractivity contribution < 1.29 is 8.78 Å². The number of halogens is 2. The summed E-state index contributed by atoms with van der Waals surface area (Å²) in [6.07, 6.45) is 0. The number of imidazole rings is 1. The molecule has 0 fully saturated rings. The van der Waals surface area contributed by atoms with Crippen molar-refractivity contribution in [2.45, 2.75) is 13.5 Å². The van der Waals surface area contributed by atoms with Gasteiger partial charge in [0, 0.05) is 11.3 Å². The number of aromatic amines is 1. The second-order valence-electron chi connectivity index (χ2n) is 3.49. The molecule has 0 amide bonds. The number of H-pyrrole nitrogens is 1. The Labute approximate surface area is 91.3 Å². The van der Waals surface area contributed by atoms with E-state index < -0.39 is 11.6 Å². The van der Waals surface area contributed by atoms with Gasteiger partial charge in [0.15, 0.2) is 11.6 Å². The number of hydrogen-bond donors (Lipinski definition) is 2. The number of aromatic nitrogens is 2. The predicted octanol–water partition coefficient (Wildman–Crippen LogP) is 2.12. The van der Waals surface area contributed by atoms with Gasteiger partial charge >= 0.3 is 0 Å². The van der Waals surface area contributed by atoms with Gasteiger partial charge in [0.1, 0.15) is 5.82 Å². The van der Waals surface area contributed by atoms with Crippen LogP contribution in [0.4, 0.5) is 8.78 Å². The van der Waals surface area contributed by atoms with Crippen LogP contribution in [0.3, 0.4) is 0 Å². The summed E-state index contributed by atoms with van der Waals surface area (Å²) >= 11 is 0. The van der Waals surface area contributed by atoms with Gasteiger partial charge in [-0.15, -0.1) is 0 Å². The van der Waals surface area contributed by atoms with E-state index in [0.29, 0.717) is 17.1 Å². The number of aryl methyl sites for hydroxylation is 1. The summed E-state index contributed by atoms with van der Waals surface area (Å²) < 4.78 is 25.8. The Balaban J connectivity index is 2.49. The molecule has 84 valence electrons. The fraction of sp³-hybridized carbons (Fsp3) is 0.182. The van der Waals surface area contributed by atoms with Crippen LogP contribution in [0.2, 0.25) is 0 Å². The predicted molar refractivity (Wildman–Crippen MR) is 56.6 cm³/mol. The van der Waals surface area contributed by atoms with Gasteiger partial charge in [-0.05, 0) is 25.1 Å². The van der Waals surface area contributed by atoms with E-state index in [-0.39, 0.29) is 6.54 Å². The van der Waals surface area contributed by atoms with Crippen molar-refractivity contribution in [3.05, 3.63) is 41.4 Å². The van der Waals surface area contributed by atoms with Gasteiger partial charge in [0.25, 0.3) is 0 Å². The summed E-state index contributed by atoms with van der Waals surface area (Å²) in [5, 5.41) is 0. The first kappa shape index (κ1) is 10.8. The lowest BCUT2D eigenvalue weighted by Crippen LogP contribution is -1.97. The molecule has 3 nitrogen and oxygen atoms in total. The van der Waals surface area contributed by atoms with Crippen LogP contribution >= 0.6 is 0 Å². The molecule has 0 spiro atoms. The minimum atomic E-state index is -0.880. The number of nitrogens with zero attached hydrogens (tertiary/aromatic N) is 1. The van der Waals surface area contributed by atoms with E-state index in [2.05, 4.69) is 9.97 Å². The van der Waals surface area contributed by atoms with Gasteiger partial charge in [-0.3, -0.25) is 0 Å². The Hall–Kier alpha value is -1.75. The Morgan fingerprint density at radius 1 is 1.31 bits per heavy atom. The van der Waals surface area contributed by atoms with Crippen LogP contribution in [0.15, 0.2) is 18.2 Å². The molecule has 3 N–H and O–H groups in total. The number of benzene rings is 1. The summed E-state index contributed by atoms with van der Waals surface area (Å²) in [5.74, 6) is -1.12. The standard InChI is InChI=1S/C11H11F2N3/c1-6-11(16-10(5-14)15-6)7-2-3-8(12)9(13)4-7/h2-4H,5,14H2,1H3,(H,15,16). The minimum Gasteiger partial charge on any atom is -0.344 e. The van der Waals surface area contributed by atoms with E-state index >= 15 is 0 Å². The highest BCUT2D eigenvalue weighted by Gasteiger charge is 2.10. The second kappa shape index (κ2) is 4.02. The molecule has 0 unspecified atom stereocenters. The zero-order chi connectivity index (χ0) is 11.7. The maximum Gasteiger partial charge on any atom is 0.159 e. The van der Waals surface area contributed by atoms with Crippen molar-refractivity contribution >= 4 is 0 Å². The molecular weight excluding hydrogens is 212 g/mol. The molecule has 0 aliphatic carbocycles. The largest absolute Gasteiger partial charge is 0.344 e. The van der Waals surface area contributed by atoms with Crippen LogP contribution in [-0.4, -0.2) is 9.97 Å². The number of nitrogens with one attached hydrogen (secondary N) is 1. The van der Waals surface area contributed by atoms with E-state index in [0.717, 1.165) is 17.8 Å². The Bertz CT molecular complexity index is 520. The smallest absolute Gasteiger partial charge is 0.159 e. The molecule has 2 rings (SSSR count). The number of nitrogens with two attached hydrogens (primary N) is 1. The van der Waals surface area contributed by atoms with Gasteiger partial charge in [0.05, 0.1) is 12.2 Å². The highest BCUT2D eigenvalue weighted by molar-refractivity contribution is 5.61. The summed E-state index contributed by atoms with van der Waals surface area (Å²) in [6, 6.07) is 3.70. The summed E-state index contributed by atoms with van der Waals surface area (Å²) in [5.41, 5.74) is 7.35. The summed E-state index contributed by atoms with van der Waals surface area (Å²) in [7, 11) is 0. The molecule has 5 heteroatoms. The lowest BCUT2D eigenvalue weighted by Gasteiger charge is -1.99. The van der Waals surface area contributed by atoms with Crippen molar-refractivity contribution in [1.82, 2.24) is 9.97 Å². The van der Waals surface area contributed by atoms with Crippen molar-refractivity contribution in [2.24, 2.45) is 5.73 Å². The molecule has 1 aromatic carbocycles. The summed E-state index contributed by atoms with van der Waals surface area (Å²) in [6.45, 7) is 2.09. The normalized spacial score (nSPS) is 10.8. The van der Waals surface area contributed by atoms with Crippen LogP contribution in [0.25, 0.3) is 11.3 Å². The van der Waals surface area contributed by atoms with Crippen molar-refractivity contribution in [1.29, 1.82) is 0 Å². The van der Waals surface area contributed by atoms with Crippen LogP contribution in [0.5, 0.6) is 0 Å². The monoisotopic (exact) mass is 223 g/mol. The Morgan fingerprint density at radius 2 is 2.06 bits per heavy atom. The fourth-order valence-corrected chi connectivity index (χ4v) is 1.54. The van der Waals surface area contributed by atoms with Gasteiger partial charge in [0.2, 0.25) is 0 Å². The first-order chi connectivity index (χ1) is 7.61. The molecule has 0 saturated carbocycles. The average Bonchev–Trinajstić information content (AvgIpc) is 2.64. The third-order valence-electron chi connectivity index (χ3n) is 2.32. The molecule has 16 heavy (non-hydrogen) atoms. The molecular formula is C11H11F2N3. The molecule has 0 aliphatic heterocycles. The average molecular weight is 223 g/mol. The third kappa shape index (κ3) is 1.81. The van der Waals surface area contributed by atoms with E-state index in [9.17, 15) is 8.78 Å². The minimum absolute atomic E-state index is 0.282. The first-order valence-electron chi connectivity index (χ1n) is 4.83. The van der Waals surface area contributed by atoms with Crippen molar-refractivity contribution in [2.75, 3.05) is 0 Å². The molecule has 0 radical (unpaired) electrons. The maximum absolute atomic E-state index is 13.0. The lowest BCUT2D eigenvalue weighted by molar-refractivity contribution is 0.509. The molecule has 1 aromatic heterocycles. The number of hydrogen-bond acceptors (Lipinski definition) is 2. The third-order valence-corrected chi connectivity index (χ3v) is 2.32. The van der Waals surface area contributed by atoms with Gasteiger partial charge in [-0.1, -0.05) is 0 Å². The fourth-order valence-electron chi connectivity index (χ4n) is 1.54. The molecule has 0 saturated heterocycles. The van der Waals surface area contributed by atoms with E-state index in [4.69, 9.17) is 5.73 Å². The van der Waals surface area contributed by atoms with Crippen LogP contribution in [-0.2, 0) is 6.54 Å². The summed E-state index contributed by atoms with van der Waals surface area (Å²) in [4.78, 5) is 7.17. The lowest BCUT2D eigenvalue weighted by atomic mass is 10.1. The quantitative estimate of drug-likeness (QED) is 0.819. The topological polar surface area (TPSA) is 54.7 Å². The van der Waals surface area contributed by atoms with Gasteiger partial charge < -0.3 is 10.7 Å². The van der Waals surface area contributed by atoms with Gasteiger partial charge in [-0.2, -0.15) is 0 Å². The molecule has 1 heterocycles. The zero-order valence-electron chi connectivity index (χ0n) is 8.72. The van der Waals surface area contributed by atoms with Crippen molar-refractivity contribution in [3.8, 4) is 11.3 Å².